The van der Waals surface area contributed by atoms with Gasteiger partial charge in [0.25, 0.3) is 0 Å². The standard InChI is InChI=1S/C18H17F2NO2/c1-12-4-3-5-13(2)17(12)21-16(22)11-8-14-6-9-15(10-7-14)23-18(19)20/h3-11,18H,1-2H3,(H,21,22)/b11-8+. The molecule has 0 aliphatic heterocycles. The summed E-state index contributed by atoms with van der Waals surface area (Å²) in [6, 6.07) is 11.8. The Morgan fingerprint density at radius 1 is 1.09 bits per heavy atom. The first kappa shape index (κ1) is 16.7. The average molecular weight is 317 g/mol. The molecule has 0 saturated carbocycles. The number of halogens is 2. The molecule has 2 aromatic carbocycles. The number of anilines is 1. The van der Waals surface area contributed by atoms with Crippen LogP contribution in [-0.2, 0) is 4.79 Å². The molecule has 0 aliphatic rings. The van der Waals surface area contributed by atoms with Crippen LogP contribution < -0.4 is 10.1 Å². The number of nitrogens with one attached hydrogen (secondary N) is 1. The Morgan fingerprint density at radius 2 is 1.70 bits per heavy atom. The average Bonchev–Trinajstić information content (AvgIpc) is 2.50. The zero-order valence-corrected chi connectivity index (χ0v) is 12.8. The summed E-state index contributed by atoms with van der Waals surface area (Å²) in [4.78, 5) is 12.0. The van der Waals surface area contributed by atoms with Crippen LogP contribution in [0.3, 0.4) is 0 Å². The fourth-order valence-electron chi connectivity index (χ4n) is 2.11. The Bertz CT molecular complexity index is 689. The van der Waals surface area contributed by atoms with Crippen LogP contribution in [0.4, 0.5) is 14.5 Å². The monoisotopic (exact) mass is 317 g/mol. The molecule has 0 aliphatic carbocycles. The van der Waals surface area contributed by atoms with E-state index in [9.17, 15) is 13.6 Å². The Hall–Kier alpha value is -2.69. The van der Waals surface area contributed by atoms with Gasteiger partial charge in [-0.2, -0.15) is 8.78 Å². The lowest BCUT2D eigenvalue weighted by molar-refractivity contribution is -0.111. The minimum absolute atomic E-state index is 0.0807. The highest BCUT2D eigenvalue weighted by Gasteiger charge is 2.05. The molecule has 0 bridgehead atoms. The topological polar surface area (TPSA) is 38.3 Å². The number of hydrogen-bond acceptors (Lipinski definition) is 2. The molecule has 0 aromatic heterocycles. The van der Waals surface area contributed by atoms with Gasteiger partial charge in [-0.05, 0) is 48.7 Å². The predicted molar refractivity (Wildman–Crippen MR) is 86.7 cm³/mol. The fourth-order valence-corrected chi connectivity index (χ4v) is 2.11. The van der Waals surface area contributed by atoms with Crippen LogP contribution >= 0.6 is 0 Å². The molecule has 1 N–H and O–H groups in total. The number of amides is 1. The van der Waals surface area contributed by atoms with E-state index in [1.807, 2.05) is 32.0 Å². The molecule has 0 spiro atoms. The first-order chi connectivity index (χ1) is 11.0. The summed E-state index contributed by atoms with van der Waals surface area (Å²) in [5.41, 5.74) is 3.48. The molecule has 5 heteroatoms. The van der Waals surface area contributed by atoms with E-state index in [1.54, 1.807) is 18.2 Å². The maximum atomic E-state index is 12.1. The van der Waals surface area contributed by atoms with Crippen molar-refractivity contribution in [1.82, 2.24) is 0 Å². The smallest absolute Gasteiger partial charge is 0.387 e. The highest BCUT2D eigenvalue weighted by atomic mass is 19.3. The number of carbonyl (C=O) groups excluding carboxylic acids is 1. The fraction of sp³-hybridized carbons (Fsp3) is 0.167. The van der Waals surface area contributed by atoms with Gasteiger partial charge in [-0.25, -0.2) is 0 Å². The van der Waals surface area contributed by atoms with Crippen LogP contribution in [0.2, 0.25) is 0 Å². The summed E-state index contributed by atoms with van der Waals surface area (Å²) in [5, 5.41) is 2.84. The lowest BCUT2D eigenvalue weighted by atomic mass is 10.1. The van der Waals surface area contributed by atoms with E-state index in [0.717, 1.165) is 16.8 Å². The molecule has 1 amide bonds. The molecule has 3 nitrogen and oxygen atoms in total. The molecule has 0 fully saturated rings. The van der Waals surface area contributed by atoms with Crippen molar-refractivity contribution in [2.24, 2.45) is 0 Å². The van der Waals surface area contributed by atoms with Crippen molar-refractivity contribution in [3.05, 3.63) is 65.2 Å². The van der Waals surface area contributed by atoms with E-state index < -0.39 is 6.61 Å². The quantitative estimate of drug-likeness (QED) is 0.821. The number of rotatable bonds is 5. The van der Waals surface area contributed by atoms with Crippen LogP contribution in [0.1, 0.15) is 16.7 Å². The molecule has 2 rings (SSSR count). The van der Waals surface area contributed by atoms with Crippen LogP contribution in [0, 0.1) is 13.8 Å². The number of para-hydroxylation sites is 1. The normalized spacial score (nSPS) is 11.0. The van der Waals surface area contributed by atoms with Gasteiger partial charge >= 0.3 is 6.61 Å². The van der Waals surface area contributed by atoms with Gasteiger partial charge in [0.1, 0.15) is 5.75 Å². The van der Waals surface area contributed by atoms with E-state index in [-0.39, 0.29) is 11.7 Å². The molecular weight excluding hydrogens is 300 g/mol. The third-order valence-electron chi connectivity index (χ3n) is 3.26. The molecule has 120 valence electrons. The Balaban J connectivity index is 2.01. The number of benzene rings is 2. The molecule has 0 heterocycles. The largest absolute Gasteiger partial charge is 0.435 e. The second-order valence-corrected chi connectivity index (χ2v) is 5.04. The first-order valence-electron chi connectivity index (χ1n) is 7.06. The molecule has 0 saturated heterocycles. The molecule has 0 unspecified atom stereocenters. The lowest BCUT2D eigenvalue weighted by Crippen LogP contribution is -2.10. The second-order valence-electron chi connectivity index (χ2n) is 5.04. The van der Waals surface area contributed by atoms with E-state index in [2.05, 4.69) is 10.1 Å². The van der Waals surface area contributed by atoms with Crippen molar-refractivity contribution >= 4 is 17.7 Å². The van der Waals surface area contributed by atoms with Crippen LogP contribution in [0.15, 0.2) is 48.5 Å². The van der Waals surface area contributed by atoms with Crippen LogP contribution in [-0.4, -0.2) is 12.5 Å². The van der Waals surface area contributed by atoms with Crippen molar-refractivity contribution < 1.29 is 18.3 Å². The lowest BCUT2D eigenvalue weighted by Gasteiger charge is -2.09. The third kappa shape index (κ3) is 4.92. The summed E-state index contributed by atoms with van der Waals surface area (Å²) in [7, 11) is 0. The molecular formula is C18H17F2NO2. The molecule has 2 aromatic rings. The van der Waals surface area contributed by atoms with E-state index in [0.29, 0.717) is 5.56 Å². The maximum absolute atomic E-state index is 12.1. The third-order valence-corrected chi connectivity index (χ3v) is 3.26. The highest BCUT2D eigenvalue weighted by molar-refractivity contribution is 6.02. The number of carbonyl (C=O) groups is 1. The zero-order valence-electron chi connectivity index (χ0n) is 12.8. The summed E-state index contributed by atoms with van der Waals surface area (Å²) < 4.78 is 28.4. The van der Waals surface area contributed by atoms with Gasteiger partial charge in [-0.3, -0.25) is 4.79 Å². The van der Waals surface area contributed by atoms with E-state index in [1.165, 1.54) is 18.2 Å². The van der Waals surface area contributed by atoms with Crippen LogP contribution in [0.5, 0.6) is 5.75 Å². The maximum Gasteiger partial charge on any atom is 0.387 e. The van der Waals surface area contributed by atoms with Crippen molar-refractivity contribution in [3.63, 3.8) is 0 Å². The van der Waals surface area contributed by atoms with Gasteiger partial charge < -0.3 is 10.1 Å². The van der Waals surface area contributed by atoms with Gasteiger partial charge in [0.15, 0.2) is 0 Å². The minimum Gasteiger partial charge on any atom is -0.435 e. The summed E-state index contributed by atoms with van der Waals surface area (Å²) in [6.07, 6.45) is 3.00. The summed E-state index contributed by atoms with van der Waals surface area (Å²) in [5.74, 6) is -0.174. The molecule has 23 heavy (non-hydrogen) atoms. The Kier molecular flexibility index (Phi) is 5.46. The number of hydrogen-bond donors (Lipinski definition) is 1. The minimum atomic E-state index is -2.85. The van der Waals surface area contributed by atoms with Gasteiger partial charge in [0.05, 0.1) is 0 Å². The van der Waals surface area contributed by atoms with Crippen molar-refractivity contribution in [3.8, 4) is 5.75 Å². The number of ether oxygens (including phenoxy) is 1. The summed E-state index contributed by atoms with van der Waals surface area (Å²) in [6.45, 7) is 1.00. The second kappa shape index (κ2) is 7.54. The van der Waals surface area contributed by atoms with Gasteiger partial charge in [-0.1, -0.05) is 30.3 Å². The van der Waals surface area contributed by atoms with E-state index >= 15 is 0 Å². The molecule has 0 radical (unpaired) electrons. The SMILES string of the molecule is Cc1cccc(C)c1NC(=O)/C=C/c1ccc(OC(F)F)cc1. The first-order valence-corrected chi connectivity index (χ1v) is 7.06. The van der Waals surface area contributed by atoms with Gasteiger partial charge in [0, 0.05) is 11.8 Å². The number of alkyl halides is 2. The van der Waals surface area contributed by atoms with Gasteiger partial charge in [0.2, 0.25) is 5.91 Å². The predicted octanol–water partition coefficient (Wildman–Crippen LogP) is 4.56. The highest BCUT2D eigenvalue weighted by Crippen LogP contribution is 2.19. The zero-order chi connectivity index (χ0) is 16.8. The van der Waals surface area contributed by atoms with Crippen molar-refractivity contribution in [2.45, 2.75) is 20.5 Å². The van der Waals surface area contributed by atoms with Gasteiger partial charge in [-0.15, -0.1) is 0 Å². The summed E-state index contributed by atoms with van der Waals surface area (Å²) >= 11 is 0. The van der Waals surface area contributed by atoms with Crippen LogP contribution in [0.25, 0.3) is 6.08 Å². The molecule has 0 atom stereocenters. The number of aryl methyl sites for hydroxylation is 2. The van der Waals surface area contributed by atoms with Crippen molar-refractivity contribution in [2.75, 3.05) is 5.32 Å². The Morgan fingerprint density at radius 3 is 2.26 bits per heavy atom. The van der Waals surface area contributed by atoms with E-state index in [4.69, 9.17) is 0 Å². The Labute approximate surface area is 133 Å². The van der Waals surface area contributed by atoms with Crippen molar-refractivity contribution in [1.29, 1.82) is 0 Å².